The fraction of sp³-hybridized carbons (Fsp3) is 0.421. The van der Waals surface area contributed by atoms with E-state index < -0.39 is 10.0 Å². The molecule has 3 heterocycles. The second-order valence-corrected chi connectivity index (χ2v) is 9.12. The lowest BCUT2D eigenvalue weighted by atomic mass is 10.2. The number of pyridine rings is 1. The van der Waals surface area contributed by atoms with E-state index in [1.807, 2.05) is 4.90 Å². The number of nitrogens with zero attached hydrogens (tertiary/aromatic N) is 5. The maximum atomic E-state index is 12.6. The summed E-state index contributed by atoms with van der Waals surface area (Å²) in [6, 6.07) is 10.1. The highest BCUT2D eigenvalue weighted by atomic mass is 32.2. The zero-order valence-corrected chi connectivity index (χ0v) is 16.8. The number of piperazine rings is 1. The van der Waals surface area contributed by atoms with Gasteiger partial charge in [-0.2, -0.15) is 4.31 Å². The van der Waals surface area contributed by atoms with Crippen LogP contribution in [0.3, 0.4) is 0 Å². The molecule has 1 aromatic carbocycles. The number of hydrogen-bond acceptors (Lipinski definition) is 7. The van der Waals surface area contributed by atoms with Gasteiger partial charge < -0.3 is 9.80 Å². The Bertz CT molecular complexity index is 982. The lowest BCUT2D eigenvalue weighted by molar-refractivity contribution is -0.384. The first-order valence-electron chi connectivity index (χ1n) is 9.66. The molecule has 0 N–H and O–H groups in total. The monoisotopic (exact) mass is 417 g/mol. The zero-order chi connectivity index (χ0) is 20.4. The lowest BCUT2D eigenvalue weighted by Crippen LogP contribution is -2.47. The van der Waals surface area contributed by atoms with Gasteiger partial charge in [0.15, 0.2) is 0 Å². The van der Waals surface area contributed by atoms with Gasteiger partial charge in [0.2, 0.25) is 10.0 Å². The summed E-state index contributed by atoms with van der Waals surface area (Å²) in [4.78, 5) is 19.6. The summed E-state index contributed by atoms with van der Waals surface area (Å²) in [5.74, 6) is 0.715. The molecule has 1 aromatic heterocycles. The third-order valence-corrected chi connectivity index (χ3v) is 7.33. The van der Waals surface area contributed by atoms with Gasteiger partial charge >= 0.3 is 0 Å². The van der Waals surface area contributed by atoms with Crippen molar-refractivity contribution in [1.82, 2.24) is 9.29 Å². The van der Waals surface area contributed by atoms with Crippen LogP contribution in [0.15, 0.2) is 47.5 Å². The molecular formula is C19H23N5O4S. The van der Waals surface area contributed by atoms with E-state index in [1.165, 1.54) is 16.6 Å². The summed E-state index contributed by atoms with van der Waals surface area (Å²) in [6.45, 7) is 3.69. The molecule has 2 saturated heterocycles. The Labute approximate surface area is 169 Å². The molecule has 0 saturated carbocycles. The molecule has 0 radical (unpaired) electrons. The van der Waals surface area contributed by atoms with E-state index in [4.69, 9.17) is 0 Å². The van der Waals surface area contributed by atoms with E-state index in [1.54, 1.807) is 30.3 Å². The Balaban J connectivity index is 1.43. The number of sulfonamides is 1. The number of nitro groups is 1. The Hall–Kier alpha value is -2.72. The Morgan fingerprint density at radius 2 is 1.55 bits per heavy atom. The van der Waals surface area contributed by atoms with Gasteiger partial charge in [-0.15, -0.1) is 0 Å². The van der Waals surface area contributed by atoms with Crippen molar-refractivity contribution in [3.63, 3.8) is 0 Å². The van der Waals surface area contributed by atoms with E-state index in [-0.39, 0.29) is 15.5 Å². The minimum atomic E-state index is -3.46. The number of benzene rings is 1. The second-order valence-electron chi connectivity index (χ2n) is 7.18. The summed E-state index contributed by atoms with van der Waals surface area (Å²) >= 11 is 0. The number of rotatable bonds is 5. The van der Waals surface area contributed by atoms with Gasteiger partial charge in [0.1, 0.15) is 16.4 Å². The number of anilines is 2. The van der Waals surface area contributed by atoms with E-state index in [0.717, 1.165) is 12.8 Å². The summed E-state index contributed by atoms with van der Waals surface area (Å²) in [5.41, 5.74) is 0.729. The van der Waals surface area contributed by atoms with Crippen LogP contribution in [-0.4, -0.2) is 61.9 Å². The molecule has 0 bridgehead atoms. The van der Waals surface area contributed by atoms with Crippen molar-refractivity contribution in [2.24, 2.45) is 0 Å². The van der Waals surface area contributed by atoms with Gasteiger partial charge in [0, 0.05) is 51.5 Å². The lowest BCUT2D eigenvalue weighted by Gasteiger charge is -2.36. The topological polar surface area (TPSA) is 99.9 Å². The summed E-state index contributed by atoms with van der Waals surface area (Å²) in [5, 5.41) is 11.3. The molecule has 29 heavy (non-hydrogen) atoms. The van der Waals surface area contributed by atoms with Crippen molar-refractivity contribution < 1.29 is 13.3 Å². The molecule has 154 valence electrons. The number of aromatic nitrogens is 1. The fourth-order valence-electron chi connectivity index (χ4n) is 3.85. The van der Waals surface area contributed by atoms with Crippen LogP contribution in [0, 0.1) is 10.1 Å². The fourth-order valence-corrected chi connectivity index (χ4v) is 5.32. The van der Waals surface area contributed by atoms with Crippen LogP contribution in [0.5, 0.6) is 0 Å². The maximum absolute atomic E-state index is 12.6. The van der Waals surface area contributed by atoms with Crippen molar-refractivity contribution in [3.8, 4) is 0 Å². The van der Waals surface area contributed by atoms with Crippen LogP contribution < -0.4 is 9.80 Å². The molecule has 0 spiro atoms. The molecular weight excluding hydrogens is 394 g/mol. The first-order chi connectivity index (χ1) is 14.0. The summed E-state index contributed by atoms with van der Waals surface area (Å²) < 4.78 is 26.7. The van der Waals surface area contributed by atoms with E-state index in [9.17, 15) is 18.5 Å². The van der Waals surface area contributed by atoms with Crippen LogP contribution in [-0.2, 0) is 10.0 Å². The minimum absolute atomic E-state index is 0.107. The number of hydrogen-bond donors (Lipinski definition) is 0. The van der Waals surface area contributed by atoms with Gasteiger partial charge in [-0.1, -0.05) is 12.1 Å². The van der Waals surface area contributed by atoms with Gasteiger partial charge in [0.25, 0.3) is 5.69 Å². The highest BCUT2D eigenvalue weighted by Crippen LogP contribution is 2.29. The SMILES string of the molecule is O=[N+]([O-])c1ccccc1N1CCN(c2ccc(S(=O)(=O)N3CCCC3)cn2)CC1. The summed E-state index contributed by atoms with van der Waals surface area (Å²) in [7, 11) is -3.46. The average molecular weight is 417 g/mol. The van der Waals surface area contributed by atoms with Crippen molar-refractivity contribution in [2.45, 2.75) is 17.7 Å². The molecule has 2 aliphatic heterocycles. The van der Waals surface area contributed by atoms with E-state index in [0.29, 0.717) is 50.8 Å². The highest BCUT2D eigenvalue weighted by molar-refractivity contribution is 7.89. The van der Waals surface area contributed by atoms with Crippen LogP contribution in [0.1, 0.15) is 12.8 Å². The molecule has 2 aromatic rings. The smallest absolute Gasteiger partial charge is 0.292 e. The van der Waals surface area contributed by atoms with Crippen LogP contribution >= 0.6 is 0 Å². The van der Waals surface area contributed by atoms with Gasteiger partial charge in [-0.25, -0.2) is 13.4 Å². The van der Waals surface area contributed by atoms with E-state index >= 15 is 0 Å². The average Bonchev–Trinajstić information content (AvgIpc) is 3.30. The molecule has 4 rings (SSSR count). The van der Waals surface area contributed by atoms with Crippen molar-refractivity contribution in [1.29, 1.82) is 0 Å². The van der Waals surface area contributed by atoms with Crippen LogP contribution in [0.2, 0.25) is 0 Å². The molecule has 0 atom stereocenters. The quantitative estimate of drug-likeness (QED) is 0.542. The maximum Gasteiger partial charge on any atom is 0.292 e. The Morgan fingerprint density at radius 3 is 2.17 bits per heavy atom. The summed E-state index contributed by atoms with van der Waals surface area (Å²) in [6.07, 6.45) is 3.22. The Kier molecular flexibility index (Phi) is 5.37. The van der Waals surface area contributed by atoms with Gasteiger partial charge in [-0.05, 0) is 31.0 Å². The van der Waals surface area contributed by atoms with E-state index in [2.05, 4.69) is 9.88 Å². The third-order valence-electron chi connectivity index (χ3n) is 5.45. The van der Waals surface area contributed by atoms with Gasteiger partial charge in [-0.3, -0.25) is 10.1 Å². The molecule has 0 aliphatic carbocycles. The molecule has 0 unspecified atom stereocenters. The van der Waals surface area contributed by atoms with Crippen LogP contribution in [0.4, 0.5) is 17.2 Å². The minimum Gasteiger partial charge on any atom is -0.362 e. The molecule has 2 aliphatic rings. The third kappa shape index (κ3) is 3.90. The number of nitro benzene ring substituents is 1. The van der Waals surface area contributed by atoms with Gasteiger partial charge in [0.05, 0.1) is 4.92 Å². The van der Waals surface area contributed by atoms with Crippen molar-refractivity contribution in [2.75, 3.05) is 49.1 Å². The predicted molar refractivity (Wildman–Crippen MR) is 110 cm³/mol. The zero-order valence-electron chi connectivity index (χ0n) is 16.0. The first kappa shape index (κ1) is 19.6. The van der Waals surface area contributed by atoms with Crippen molar-refractivity contribution >= 4 is 27.2 Å². The molecule has 2 fully saturated rings. The Morgan fingerprint density at radius 1 is 0.897 bits per heavy atom. The highest BCUT2D eigenvalue weighted by Gasteiger charge is 2.28. The van der Waals surface area contributed by atoms with Crippen LogP contribution in [0.25, 0.3) is 0 Å². The second kappa shape index (κ2) is 7.96. The number of para-hydroxylation sites is 2. The molecule has 0 amide bonds. The largest absolute Gasteiger partial charge is 0.362 e. The standard InChI is InChI=1S/C19H23N5O4S/c25-24(26)18-6-2-1-5-17(18)21-11-13-22(14-12-21)19-8-7-16(15-20-19)29(27,28)23-9-3-4-10-23/h1-2,5-8,15H,3-4,9-14H2. The normalized spacial score (nSPS) is 18.2. The molecule has 9 nitrogen and oxygen atoms in total. The van der Waals surface area contributed by atoms with Crippen molar-refractivity contribution in [3.05, 3.63) is 52.7 Å². The predicted octanol–water partition coefficient (Wildman–Crippen LogP) is 2.10. The first-order valence-corrected chi connectivity index (χ1v) is 11.1. The molecule has 10 heteroatoms.